The van der Waals surface area contributed by atoms with Gasteiger partial charge in [0.05, 0.1) is 6.20 Å². The molecule has 0 saturated carbocycles. The third-order valence-corrected chi connectivity index (χ3v) is 4.96. The van der Waals surface area contributed by atoms with Crippen molar-refractivity contribution in [3.63, 3.8) is 0 Å². The Morgan fingerprint density at radius 1 is 1.45 bits per heavy atom. The van der Waals surface area contributed by atoms with E-state index in [9.17, 15) is 9.18 Å². The fourth-order valence-electron chi connectivity index (χ4n) is 2.61. The first kappa shape index (κ1) is 15.1. The highest BCUT2D eigenvalue weighted by Crippen LogP contribution is 2.27. The van der Waals surface area contributed by atoms with Crippen LogP contribution in [0.4, 0.5) is 4.39 Å². The van der Waals surface area contributed by atoms with Crippen LogP contribution in [-0.4, -0.2) is 30.0 Å². The van der Waals surface area contributed by atoms with Crippen LogP contribution in [0.2, 0.25) is 0 Å². The van der Waals surface area contributed by atoms with E-state index in [1.807, 2.05) is 0 Å². The second-order valence-electron chi connectivity index (χ2n) is 5.56. The van der Waals surface area contributed by atoms with Gasteiger partial charge in [0.1, 0.15) is 15.7 Å². The number of piperidine rings is 1. The number of nitrogens with one attached hydrogen (secondary N) is 2. The number of benzene rings is 1. The van der Waals surface area contributed by atoms with Gasteiger partial charge in [-0.05, 0) is 37.6 Å². The van der Waals surface area contributed by atoms with E-state index in [1.165, 1.54) is 23.6 Å². The minimum absolute atomic E-state index is 0.126. The molecule has 3 rings (SSSR count). The number of amides is 1. The summed E-state index contributed by atoms with van der Waals surface area (Å²) in [7, 11) is 0. The molecule has 116 valence electrons. The quantitative estimate of drug-likeness (QED) is 0.914. The van der Waals surface area contributed by atoms with Crippen LogP contribution in [0, 0.1) is 11.7 Å². The Labute approximate surface area is 132 Å². The molecule has 2 unspecified atom stereocenters. The van der Waals surface area contributed by atoms with E-state index in [4.69, 9.17) is 0 Å². The fraction of sp³-hybridized carbons (Fsp3) is 0.375. The number of carbonyl (C=O) groups excluding carboxylic acids is 1. The molecule has 6 heteroatoms. The van der Waals surface area contributed by atoms with E-state index in [0.717, 1.165) is 19.5 Å². The molecule has 0 aliphatic carbocycles. The van der Waals surface area contributed by atoms with Gasteiger partial charge in [-0.1, -0.05) is 19.1 Å². The van der Waals surface area contributed by atoms with Crippen LogP contribution in [0.3, 0.4) is 0 Å². The zero-order valence-electron chi connectivity index (χ0n) is 12.3. The van der Waals surface area contributed by atoms with E-state index in [-0.39, 0.29) is 17.8 Å². The summed E-state index contributed by atoms with van der Waals surface area (Å²) < 4.78 is 13.8. The monoisotopic (exact) mass is 319 g/mol. The minimum atomic E-state index is -0.323. The maximum atomic E-state index is 13.8. The molecule has 1 amide bonds. The SMILES string of the molecule is CC1CNCCC1NC(=O)c1cnc(-c2ccccc2F)s1. The van der Waals surface area contributed by atoms with Crippen molar-refractivity contribution in [3.05, 3.63) is 41.2 Å². The number of hydrogen-bond acceptors (Lipinski definition) is 4. The molecule has 2 N–H and O–H groups in total. The van der Waals surface area contributed by atoms with Crippen molar-refractivity contribution in [2.75, 3.05) is 13.1 Å². The maximum absolute atomic E-state index is 13.8. The van der Waals surface area contributed by atoms with Gasteiger partial charge in [-0.2, -0.15) is 0 Å². The second kappa shape index (κ2) is 6.54. The van der Waals surface area contributed by atoms with Crippen molar-refractivity contribution in [2.45, 2.75) is 19.4 Å². The molecule has 0 bridgehead atoms. The van der Waals surface area contributed by atoms with E-state index < -0.39 is 0 Å². The molecule has 0 spiro atoms. The summed E-state index contributed by atoms with van der Waals surface area (Å²) in [5.41, 5.74) is 0.432. The van der Waals surface area contributed by atoms with E-state index >= 15 is 0 Å². The second-order valence-corrected chi connectivity index (χ2v) is 6.59. The topological polar surface area (TPSA) is 54.0 Å². The number of halogens is 1. The summed E-state index contributed by atoms with van der Waals surface area (Å²) in [5.74, 6) is -0.0497. The fourth-order valence-corrected chi connectivity index (χ4v) is 3.45. The van der Waals surface area contributed by atoms with Crippen molar-refractivity contribution in [1.82, 2.24) is 15.6 Å². The van der Waals surface area contributed by atoms with Gasteiger partial charge in [0, 0.05) is 11.6 Å². The Bertz CT molecular complexity index is 673. The van der Waals surface area contributed by atoms with Crippen molar-refractivity contribution in [2.24, 2.45) is 5.92 Å². The van der Waals surface area contributed by atoms with E-state index in [2.05, 4.69) is 22.5 Å². The number of rotatable bonds is 3. The van der Waals surface area contributed by atoms with Gasteiger partial charge in [-0.3, -0.25) is 4.79 Å². The average molecular weight is 319 g/mol. The zero-order chi connectivity index (χ0) is 15.5. The van der Waals surface area contributed by atoms with Crippen LogP contribution in [0.15, 0.2) is 30.5 Å². The normalized spacial score (nSPS) is 21.5. The highest BCUT2D eigenvalue weighted by atomic mass is 32.1. The molecular weight excluding hydrogens is 301 g/mol. The first-order valence-corrected chi connectivity index (χ1v) is 8.19. The van der Waals surface area contributed by atoms with Crippen LogP contribution >= 0.6 is 11.3 Å². The van der Waals surface area contributed by atoms with Gasteiger partial charge in [-0.15, -0.1) is 11.3 Å². The standard InChI is InChI=1S/C16H18FN3OS/c1-10-8-18-7-6-13(10)20-15(21)14-9-19-16(22-14)11-4-2-3-5-12(11)17/h2-5,9-10,13,18H,6-8H2,1H3,(H,20,21). The van der Waals surface area contributed by atoms with Crippen molar-refractivity contribution in [1.29, 1.82) is 0 Å². The molecule has 2 atom stereocenters. The highest BCUT2D eigenvalue weighted by Gasteiger charge is 2.24. The van der Waals surface area contributed by atoms with E-state index in [1.54, 1.807) is 18.2 Å². The maximum Gasteiger partial charge on any atom is 0.263 e. The van der Waals surface area contributed by atoms with Gasteiger partial charge in [-0.25, -0.2) is 9.37 Å². The number of carbonyl (C=O) groups is 1. The highest BCUT2D eigenvalue weighted by molar-refractivity contribution is 7.16. The molecule has 1 aliphatic rings. The third kappa shape index (κ3) is 3.18. The van der Waals surface area contributed by atoms with Crippen molar-refractivity contribution < 1.29 is 9.18 Å². The predicted octanol–water partition coefficient (Wildman–Crippen LogP) is 2.68. The molecule has 2 aromatic rings. The lowest BCUT2D eigenvalue weighted by molar-refractivity contribution is 0.0918. The Hall–Kier alpha value is -1.79. The Morgan fingerprint density at radius 2 is 2.27 bits per heavy atom. The van der Waals surface area contributed by atoms with Crippen molar-refractivity contribution in [3.8, 4) is 10.6 Å². The zero-order valence-corrected chi connectivity index (χ0v) is 13.1. The molecule has 1 aliphatic heterocycles. The number of thiazole rings is 1. The molecule has 1 fully saturated rings. The molecule has 1 aromatic carbocycles. The number of aromatic nitrogens is 1. The Balaban J connectivity index is 1.73. The molecule has 2 heterocycles. The lowest BCUT2D eigenvalue weighted by Gasteiger charge is -2.29. The molecule has 0 radical (unpaired) electrons. The summed E-state index contributed by atoms with van der Waals surface area (Å²) in [6, 6.07) is 6.64. The van der Waals surface area contributed by atoms with Gasteiger partial charge in [0.15, 0.2) is 0 Å². The minimum Gasteiger partial charge on any atom is -0.348 e. The van der Waals surface area contributed by atoms with Crippen LogP contribution in [-0.2, 0) is 0 Å². The lowest BCUT2D eigenvalue weighted by Crippen LogP contribution is -2.48. The third-order valence-electron chi connectivity index (χ3n) is 3.94. The van der Waals surface area contributed by atoms with Gasteiger partial charge < -0.3 is 10.6 Å². The Morgan fingerprint density at radius 3 is 3.05 bits per heavy atom. The smallest absolute Gasteiger partial charge is 0.263 e. The summed E-state index contributed by atoms with van der Waals surface area (Å²) in [6.45, 7) is 3.95. The van der Waals surface area contributed by atoms with Crippen LogP contribution in [0.5, 0.6) is 0 Å². The Kier molecular flexibility index (Phi) is 4.49. The van der Waals surface area contributed by atoms with Gasteiger partial charge in [0.25, 0.3) is 5.91 Å². The summed E-state index contributed by atoms with van der Waals surface area (Å²) >= 11 is 1.22. The van der Waals surface area contributed by atoms with Crippen LogP contribution in [0.1, 0.15) is 23.0 Å². The summed E-state index contributed by atoms with van der Waals surface area (Å²) in [4.78, 5) is 17.0. The molecule has 4 nitrogen and oxygen atoms in total. The molecule has 1 saturated heterocycles. The van der Waals surface area contributed by atoms with Gasteiger partial charge >= 0.3 is 0 Å². The lowest BCUT2D eigenvalue weighted by atomic mass is 9.95. The first-order valence-electron chi connectivity index (χ1n) is 7.37. The largest absolute Gasteiger partial charge is 0.348 e. The van der Waals surface area contributed by atoms with E-state index in [0.29, 0.717) is 21.4 Å². The predicted molar refractivity (Wildman–Crippen MR) is 85.4 cm³/mol. The van der Waals surface area contributed by atoms with Gasteiger partial charge in [0.2, 0.25) is 0 Å². The van der Waals surface area contributed by atoms with Crippen LogP contribution < -0.4 is 10.6 Å². The van der Waals surface area contributed by atoms with Crippen molar-refractivity contribution >= 4 is 17.2 Å². The number of nitrogens with zero attached hydrogens (tertiary/aromatic N) is 1. The van der Waals surface area contributed by atoms with Crippen LogP contribution in [0.25, 0.3) is 10.6 Å². The average Bonchev–Trinajstić information content (AvgIpc) is 3.00. The molecular formula is C16H18FN3OS. The summed E-state index contributed by atoms with van der Waals surface area (Å²) in [6.07, 6.45) is 2.44. The summed E-state index contributed by atoms with van der Waals surface area (Å²) in [5, 5.41) is 6.90. The molecule has 22 heavy (non-hydrogen) atoms. The first-order chi connectivity index (χ1) is 10.6. The number of hydrogen-bond donors (Lipinski definition) is 2. The molecule has 1 aromatic heterocycles.